The Bertz CT molecular complexity index is 1000. The molecule has 1 aliphatic rings. The Morgan fingerprint density at radius 2 is 2.00 bits per heavy atom. The Balaban J connectivity index is 2.00. The first-order chi connectivity index (χ1) is 13.0. The van der Waals surface area contributed by atoms with Crippen molar-refractivity contribution >= 4 is 34.8 Å². The summed E-state index contributed by atoms with van der Waals surface area (Å²) in [5.41, 5.74) is 3.95. The van der Waals surface area contributed by atoms with Gasteiger partial charge in [-0.25, -0.2) is 9.78 Å². The lowest BCUT2D eigenvalue weighted by atomic mass is 10.0. The number of H-pyrrole nitrogens is 1. The van der Waals surface area contributed by atoms with Crippen molar-refractivity contribution < 1.29 is 37.1 Å². The number of primary amides is 1. The summed E-state index contributed by atoms with van der Waals surface area (Å²) in [6, 6.07) is 0.910. The van der Waals surface area contributed by atoms with Crippen molar-refractivity contribution in [1.82, 2.24) is 20.6 Å². The summed E-state index contributed by atoms with van der Waals surface area (Å²) in [6.45, 7) is 0. The molecule has 0 spiro atoms. The van der Waals surface area contributed by atoms with E-state index in [0.29, 0.717) is 0 Å². The van der Waals surface area contributed by atoms with Crippen LogP contribution in [0.15, 0.2) is 12.1 Å². The molecule has 1 saturated heterocycles. The molecule has 1 fully saturated rings. The second kappa shape index (κ2) is 6.83. The minimum atomic E-state index is -4.82. The van der Waals surface area contributed by atoms with E-state index >= 15 is 0 Å². The molecule has 0 aliphatic carbocycles. The lowest BCUT2D eigenvalue weighted by molar-refractivity contribution is -0.144. The first-order valence-corrected chi connectivity index (χ1v) is 7.77. The molecule has 4 amide bonds. The van der Waals surface area contributed by atoms with Crippen LogP contribution in [0.3, 0.4) is 0 Å². The van der Waals surface area contributed by atoms with Gasteiger partial charge in [-0.1, -0.05) is 0 Å². The molecule has 0 radical (unpaired) electrons. The minimum absolute atomic E-state index is 0.0147. The Morgan fingerprint density at radius 3 is 2.61 bits per heavy atom. The minimum Gasteiger partial charge on any atom is -0.410 e. The normalized spacial score (nSPS) is 17.3. The van der Waals surface area contributed by atoms with E-state index in [4.69, 9.17) is 5.73 Å². The van der Waals surface area contributed by atoms with Gasteiger partial charge in [-0.05, 0) is 12.5 Å². The highest BCUT2D eigenvalue weighted by Gasteiger charge is 2.36. The van der Waals surface area contributed by atoms with E-state index in [2.05, 4.69) is 15.0 Å². The van der Waals surface area contributed by atoms with Crippen molar-refractivity contribution in [1.29, 1.82) is 0 Å². The molecule has 3 rings (SSSR count). The highest BCUT2D eigenvalue weighted by atomic mass is 19.4. The second-order valence-electron chi connectivity index (χ2n) is 5.85. The number of aromatic amines is 1. The predicted molar refractivity (Wildman–Crippen MR) is 84.9 cm³/mol. The zero-order valence-electron chi connectivity index (χ0n) is 13.8. The van der Waals surface area contributed by atoms with Gasteiger partial charge in [0.25, 0.3) is 5.91 Å². The quantitative estimate of drug-likeness (QED) is 0.553. The number of nitrogens with two attached hydrogens (primary N) is 1. The molecule has 1 unspecified atom stereocenters. The average molecular weight is 399 g/mol. The van der Waals surface area contributed by atoms with Crippen molar-refractivity contribution in [2.24, 2.45) is 5.73 Å². The van der Waals surface area contributed by atoms with Crippen LogP contribution in [0.25, 0.3) is 11.0 Å². The number of hydrogen-bond donors (Lipinski definition) is 4. The number of carbonyl (C=O) groups is 4. The van der Waals surface area contributed by atoms with Gasteiger partial charge >= 0.3 is 12.3 Å². The van der Waals surface area contributed by atoms with Gasteiger partial charge < -0.3 is 20.8 Å². The van der Waals surface area contributed by atoms with E-state index < -0.39 is 41.9 Å². The number of aromatic nitrogens is 2. The van der Waals surface area contributed by atoms with Gasteiger partial charge in [0.2, 0.25) is 17.6 Å². The Kier molecular flexibility index (Phi) is 4.66. The Labute approximate surface area is 153 Å². The maximum atomic E-state index is 12.9. The molecule has 13 heteroatoms. The van der Waals surface area contributed by atoms with Crippen molar-refractivity contribution in [3.05, 3.63) is 23.5 Å². The van der Waals surface area contributed by atoms with Crippen molar-refractivity contribution in [2.45, 2.75) is 25.1 Å². The molecule has 10 nitrogen and oxygen atoms in total. The summed E-state index contributed by atoms with van der Waals surface area (Å²) >= 11 is 0. The van der Waals surface area contributed by atoms with E-state index in [1.807, 2.05) is 10.3 Å². The van der Waals surface area contributed by atoms with Crippen LogP contribution in [-0.4, -0.2) is 39.8 Å². The number of ether oxygens (including phenoxy) is 1. The number of amides is 4. The molecule has 2 aromatic rings. The summed E-state index contributed by atoms with van der Waals surface area (Å²) in [5, 5.41) is 4.36. The number of fused-ring (bicyclic) bond motifs is 1. The molecule has 5 N–H and O–H groups in total. The van der Waals surface area contributed by atoms with Gasteiger partial charge in [-0.15, -0.1) is 0 Å². The number of halogens is 3. The highest BCUT2D eigenvalue weighted by Crippen LogP contribution is 2.31. The highest BCUT2D eigenvalue weighted by molar-refractivity contribution is 6.08. The smallest absolute Gasteiger partial charge is 0.410 e. The van der Waals surface area contributed by atoms with E-state index in [1.165, 1.54) is 0 Å². The standard InChI is InChI=1S/C15H12F3N5O5/c16-15(17,18)13-21-8-4-5(28-14(19)27)3-6(10(8)23-13)11(25)20-7-1-2-9(24)22-12(7)26/h3-4,7H,1-2H2,(H2,19,27)(H,20,25)(H,21,23)(H,22,24,26). The SMILES string of the molecule is NC(=O)Oc1cc(C(=O)NC2CCC(=O)NC2=O)c2[nH]c(C(F)(F)F)nc2c1. The molecule has 1 aliphatic heterocycles. The van der Waals surface area contributed by atoms with Crippen molar-refractivity contribution in [2.75, 3.05) is 0 Å². The van der Waals surface area contributed by atoms with Crippen LogP contribution in [0.1, 0.15) is 29.0 Å². The van der Waals surface area contributed by atoms with Crippen LogP contribution in [-0.2, 0) is 15.8 Å². The van der Waals surface area contributed by atoms with Gasteiger partial charge in [-0.3, -0.25) is 19.7 Å². The number of rotatable bonds is 3. The number of hydrogen-bond acceptors (Lipinski definition) is 6. The zero-order valence-corrected chi connectivity index (χ0v) is 13.8. The molecule has 1 aromatic heterocycles. The summed E-state index contributed by atoms with van der Waals surface area (Å²) in [5.74, 6) is -3.86. The Hall–Kier alpha value is -3.64. The maximum absolute atomic E-state index is 12.9. The van der Waals surface area contributed by atoms with E-state index in [1.54, 1.807) is 0 Å². The van der Waals surface area contributed by atoms with Crippen LogP contribution < -0.4 is 21.1 Å². The van der Waals surface area contributed by atoms with Crippen LogP contribution in [0.2, 0.25) is 0 Å². The first kappa shape index (κ1) is 19.1. The summed E-state index contributed by atoms with van der Waals surface area (Å²) < 4.78 is 43.5. The number of nitrogens with one attached hydrogen (secondary N) is 3. The molecular formula is C15H12F3N5O5. The topological polar surface area (TPSA) is 156 Å². The lowest BCUT2D eigenvalue weighted by Gasteiger charge is -2.22. The van der Waals surface area contributed by atoms with Crippen LogP contribution in [0, 0.1) is 0 Å². The molecule has 0 bridgehead atoms. The van der Waals surface area contributed by atoms with Gasteiger partial charge in [0.05, 0.1) is 16.6 Å². The molecular weight excluding hydrogens is 387 g/mol. The molecule has 1 atom stereocenters. The summed E-state index contributed by atoms with van der Waals surface area (Å²) in [4.78, 5) is 51.8. The van der Waals surface area contributed by atoms with Gasteiger partial charge in [0, 0.05) is 12.5 Å². The van der Waals surface area contributed by atoms with E-state index in [-0.39, 0.29) is 35.2 Å². The number of imidazole rings is 1. The second-order valence-corrected chi connectivity index (χ2v) is 5.85. The fourth-order valence-electron chi connectivity index (χ4n) is 2.64. The largest absolute Gasteiger partial charge is 0.449 e. The third-order valence-corrected chi connectivity index (χ3v) is 3.84. The average Bonchev–Trinajstić information content (AvgIpc) is 3.00. The fraction of sp³-hybridized carbons (Fsp3) is 0.267. The molecule has 0 saturated carbocycles. The number of carbonyl (C=O) groups excluding carboxylic acids is 4. The predicted octanol–water partition coefficient (Wildman–Crippen LogP) is 0.574. The Morgan fingerprint density at radius 1 is 1.29 bits per heavy atom. The fourth-order valence-corrected chi connectivity index (χ4v) is 2.64. The number of imide groups is 1. The molecule has 1 aromatic carbocycles. The van der Waals surface area contributed by atoms with Crippen molar-refractivity contribution in [3.8, 4) is 5.75 Å². The van der Waals surface area contributed by atoms with Gasteiger partial charge in [-0.2, -0.15) is 13.2 Å². The summed E-state index contributed by atoms with van der Waals surface area (Å²) in [6.07, 6.45) is -6.06. The number of piperidine rings is 1. The third-order valence-electron chi connectivity index (χ3n) is 3.84. The van der Waals surface area contributed by atoms with Crippen LogP contribution in [0.5, 0.6) is 5.75 Å². The number of nitrogens with zero attached hydrogens (tertiary/aromatic N) is 1. The lowest BCUT2D eigenvalue weighted by Crippen LogP contribution is -2.52. The van der Waals surface area contributed by atoms with Crippen LogP contribution >= 0.6 is 0 Å². The maximum Gasteiger partial charge on any atom is 0.449 e. The number of benzene rings is 1. The third kappa shape index (κ3) is 3.87. The first-order valence-electron chi connectivity index (χ1n) is 7.77. The van der Waals surface area contributed by atoms with Gasteiger partial charge in [0.1, 0.15) is 11.8 Å². The monoisotopic (exact) mass is 399 g/mol. The van der Waals surface area contributed by atoms with Gasteiger partial charge in [0.15, 0.2) is 0 Å². The molecule has 28 heavy (non-hydrogen) atoms. The van der Waals surface area contributed by atoms with Crippen molar-refractivity contribution in [3.63, 3.8) is 0 Å². The molecule has 148 valence electrons. The van der Waals surface area contributed by atoms with Crippen LogP contribution in [0.4, 0.5) is 18.0 Å². The zero-order chi connectivity index (χ0) is 20.6. The van der Waals surface area contributed by atoms with E-state index in [9.17, 15) is 32.3 Å². The number of alkyl halides is 3. The molecule has 2 heterocycles. The van der Waals surface area contributed by atoms with E-state index in [0.717, 1.165) is 12.1 Å². The summed E-state index contributed by atoms with van der Waals surface area (Å²) in [7, 11) is 0.